The topological polar surface area (TPSA) is 80.7 Å². The summed E-state index contributed by atoms with van der Waals surface area (Å²) in [7, 11) is 1.58. The quantitative estimate of drug-likeness (QED) is 0.808. The molecular weight excluding hydrogens is 322 g/mol. The molecule has 3 heterocycles. The zero-order valence-electron chi connectivity index (χ0n) is 14.4. The van der Waals surface area contributed by atoms with E-state index in [0.717, 1.165) is 0 Å². The maximum Gasteiger partial charge on any atom is 0.259 e. The van der Waals surface area contributed by atoms with E-state index >= 15 is 0 Å². The van der Waals surface area contributed by atoms with Crippen LogP contribution >= 0.6 is 0 Å². The van der Waals surface area contributed by atoms with E-state index in [-0.39, 0.29) is 5.91 Å². The predicted molar refractivity (Wildman–Crippen MR) is 92.1 cm³/mol. The fourth-order valence-corrected chi connectivity index (χ4v) is 2.68. The molecule has 0 atom stereocenters. The molecule has 8 heteroatoms. The first-order chi connectivity index (χ1) is 12.2. The zero-order chi connectivity index (χ0) is 17.6. The highest BCUT2D eigenvalue weighted by atomic mass is 16.5. The summed E-state index contributed by atoms with van der Waals surface area (Å²) in [6.45, 7) is 4.82. The maximum absolute atomic E-state index is 12.8. The molecule has 0 aliphatic carbocycles. The van der Waals surface area contributed by atoms with Gasteiger partial charge in [0.2, 0.25) is 17.7 Å². The highest BCUT2D eigenvalue weighted by Gasteiger charge is 2.25. The lowest BCUT2D eigenvalue weighted by Gasteiger charge is -2.34. The molecule has 0 unspecified atom stereocenters. The number of ether oxygens (including phenoxy) is 2. The van der Waals surface area contributed by atoms with Crippen LogP contribution in [0.1, 0.15) is 17.3 Å². The predicted octanol–water partition coefficient (Wildman–Crippen LogP) is 1.24. The van der Waals surface area contributed by atoms with Gasteiger partial charge in [-0.25, -0.2) is 9.97 Å². The molecule has 8 nitrogen and oxygen atoms in total. The van der Waals surface area contributed by atoms with Crippen molar-refractivity contribution < 1.29 is 14.3 Å². The lowest BCUT2D eigenvalue weighted by Crippen LogP contribution is -2.49. The fourth-order valence-electron chi connectivity index (χ4n) is 2.68. The summed E-state index contributed by atoms with van der Waals surface area (Å²) < 4.78 is 10.6. The second kappa shape index (κ2) is 7.78. The van der Waals surface area contributed by atoms with Gasteiger partial charge in [0, 0.05) is 44.6 Å². The molecule has 0 spiro atoms. The van der Waals surface area contributed by atoms with Crippen molar-refractivity contribution in [1.82, 2.24) is 19.9 Å². The molecule has 0 N–H and O–H groups in total. The van der Waals surface area contributed by atoms with Crippen LogP contribution in [0, 0.1) is 0 Å². The first kappa shape index (κ1) is 16.9. The molecule has 0 bridgehead atoms. The number of hydrogen-bond acceptors (Lipinski definition) is 7. The van der Waals surface area contributed by atoms with Gasteiger partial charge in [0.25, 0.3) is 5.91 Å². The molecule has 1 fully saturated rings. The molecule has 1 aliphatic rings. The van der Waals surface area contributed by atoms with Gasteiger partial charge in [0.15, 0.2) is 0 Å². The number of methoxy groups -OCH3 is 1. The Morgan fingerprint density at radius 2 is 1.96 bits per heavy atom. The molecule has 132 valence electrons. The number of rotatable bonds is 5. The largest absolute Gasteiger partial charge is 0.481 e. The Labute approximate surface area is 146 Å². The van der Waals surface area contributed by atoms with E-state index in [1.54, 1.807) is 42.6 Å². The van der Waals surface area contributed by atoms with Crippen molar-refractivity contribution in [3.05, 3.63) is 36.2 Å². The molecule has 1 saturated heterocycles. The van der Waals surface area contributed by atoms with Crippen LogP contribution < -0.4 is 14.4 Å². The van der Waals surface area contributed by atoms with Gasteiger partial charge >= 0.3 is 0 Å². The molecular formula is C17H21N5O3. The first-order valence-electron chi connectivity index (χ1n) is 8.22. The second-order valence-electron chi connectivity index (χ2n) is 5.47. The van der Waals surface area contributed by atoms with Crippen LogP contribution in [-0.2, 0) is 0 Å². The number of aromatic nitrogens is 3. The van der Waals surface area contributed by atoms with E-state index in [2.05, 4.69) is 15.0 Å². The van der Waals surface area contributed by atoms with Gasteiger partial charge in [0.05, 0.1) is 13.7 Å². The number of carbonyl (C=O) groups excluding carboxylic acids is 1. The highest BCUT2D eigenvalue weighted by molar-refractivity contribution is 5.96. The summed E-state index contributed by atoms with van der Waals surface area (Å²) in [6, 6.07) is 5.20. The number of piperazine rings is 1. The van der Waals surface area contributed by atoms with Crippen molar-refractivity contribution in [3.63, 3.8) is 0 Å². The van der Waals surface area contributed by atoms with E-state index < -0.39 is 0 Å². The second-order valence-corrected chi connectivity index (χ2v) is 5.47. The Bertz CT molecular complexity index is 732. The van der Waals surface area contributed by atoms with Crippen LogP contribution in [0.3, 0.4) is 0 Å². The summed E-state index contributed by atoms with van der Waals surface area (Å²) in [5.41, 5.74) is 0.496. The van der Waals surface area contributed by atoms with Crippen molar-refractivity contribution in [1.29, 1.82) is 0 Å². The van der Waals surface area contributed by atoms with Crippen molar-refractivity contribution >= 4 is 11.9 Å². The Kier molecular flexibility index (Phi) is 5.27. The standard InChI is InChI=1S/C17H21N5O3/c1-3-25-15-13(5-4-7-18-15)16(23)21-9-11-22(12-10-21)17-19-8-6-14(20-17)24-2/h4-8H,3,9-12H2,1-2H3. The Balaban J connectivity index is 1.67. The van der Waals surface area contributed by atoms with E-state index in [9.17, 15) is 4.79 Å². The van der Waals surface area contributed by atoms with Crippen LogP contribution in [-0.4, -0.2) is 65.7 Å². The zero-order valence-corrected chi connectivity index (χ0v) is 14.4. The molecule has 2 aromatic heterocycles. The Morgan fingerprint density at radius 1 is 1.16 bits per heavy atom. The molecule has 0 aromatic carbocycles. The summed E-state index contributed by atoms with van der Waals surface area (Å²) in [5, 5.41) is 0. The fraction of sp³-hybridized carbons (Fsp3) is 0.412. The highest BCUT2D eigenvalue weighted by Crippen LogP contribution is 2.19. The van der Waals surface area contributed by atoms with Crippen LogP contribution in [0.5, 0.6) is 11.8 Å². The molecule has 2 aromatic rings. The summed E-state index contributed by atoms with van der Waals surface area (Å²) in [4.78, 5) is 29.4. The summed E-state index contributed by atoms with van der Waals surface area (Å²) >= 11 is 0. The third kappa shape index (κ3) is 3.78. The lowest BCUT2D eigenvalue weighted by atomic mass is 10.2. The minimum absolute atomic E-state index is 0.0669. The average Bonchev–Trinajstić information content (AvgIpc) is 2.68. The number of amides is 1. The van der Waals surface area contributed by atoms with Crippen molar-refractivity contribution in [2.45, 2.75) is 6.92 Å². The number of nitrogens with zero attached hydrogens (tertiary/aromatic N) is 5. The van der Waals surface area contributed by atoms with Gasteiger partial charge in [0.1, 0.15) is 5.56 Å². The smallest absolute Gasteiger partial charge is 0.259 e. The van der Waals surface area contributed by atoms with Crippen LogP contribution in [0.4, 0.5) is 5.95 Å². The molecule has 0 saturated carbocycles. The SMILES string of the molecule is CCOc1ncccc1C(=O)N1CCN(c2nccc(OC)n2)CC1. The van der Waals surface area contributed by atoms with E-state index in [4.69, 9.17) is 9.47 Å². The Morgan fingerprint density at radius 3 is 2.68 bits per heavy atom. The minimum atomic E-state index is -0.0669. The Hall–Kier alpha value is -2.90. The minimum Gasteiger partial charge on any atom is -0.481 e. The van der Waals surface area contributed by atoms with Gasteiger partial charge in [-0.2, -0.15) is 4.98 Å². The molecule has 3 rings (SSSR count). The maximum atomic E-state index is 12.8. The van der Waals surface area contributed by atoms with Crippen molar-refractivity contribution in [2.75, 3.05) is 44.8 Å². The van der Waals surface area contributed by atoms with E-state index in [1.807, 2.05) is 11.8 Å². The van der Waals surface area contributed by atoms with Crippen molar-refractivity contribution in [3.8, 4) is 11.8 Å². The van der Waals surface area contributed by atoms with Crippen LogP contribution in [0.25, 0.3) is 0 Å². The third-order valence-electron chi connectivity index (χ3n) is 3.96. The molecule has 0 radical (unpaired) electrons. The number of carbonyl (C=O) groups is 1. The number of pyridine rings is 1. The van der Waals surface area contributed by atoms with Crippen molar-refractivity contribution in [2.24, 2.45) is 0 Å². The summed E-state index contributed by atoms with van der Waals surface area (Å²) in [6.07, 6.45) is 3.29. The number of anilines is 1. The lowest BCUT2D eigenvalue weighted by molar-refractivity contribution is 0.0741. The third-order valence-corrected chi connectivity index (χ3v) is 3.96. The average molecular weight is 343 g/mol. The molecule has 1 aliphatic heterocycles. The van der Waals surface area contributed by atoms with Gasteiger partial charge in [-0.3, -0.25) is 4.79 Å². The van der Waals surface area contributed by atoms with Gasteiger partial charge in [-0.1, -0.05) is 0 Å². The van der Waals surface area contributed by atoms with Crippen LogP contribution in [0.2, 0.25) is 0 Å². The molecule has 1 amide bonds. The normalized spacial score (nSPS) is 14.3. The van der Waals surface area contributed by atoms with E-state index in [1.165, 1.54) is 0 Å². The van der Waals surface area contributed by atoms with Gasteiger partial charge in [-0.15, -0.1) is 0 Å². The number of hydrogen-bond donors (Lipinski definition) is 0. The van der Waals surface area contributed by atoms with Crippen LogP contribution in [0.15, 0.2) is 30.6 Å². The van der Waals surface area contributed by atoms with Gasteiger partial charge < -0.3 is 19.3 Å². The van der Waals surface area contributed by atoms with Gasteiger partial charge in [-0.05, 0) is 19.1 Å². The monoisotopic (exact) mass is 343 g/mol. The summed E-state index contributed by atoms with van der Waals surface area (Å²) in [5.74, 6) is 1.46. The molecule has 25 heavy (non-hydrogen) atoms. The van der Waals surface area contributed by atoms with E-state index in [0.29, 0.717) is 56.1 Å². The first-order valence-corrected chi connectivity index (χ1v) is 8.22.